The summed E-state index contributed by atoms with van der Waals surface area (Å²) in [5.74, 6) is 0.852. The largest absolute Gasteiger partial charge is 0.338 e. The number of anilines is 1. The number of hydrogen-bond donors (Lipinski definition) is 2. The van der Waals surface area contributed by atoms with Crippen LogP contribution in [0.3, 0.4) is 0 Å². The maximum atomic E-state index is 12.1. The van der Waals surface area contributed by atoms with Gasteiger partial charge in [-0.1, -0.05) is 17.7 Å². The fourth-order valence-corrected chi connectivity index (χ4v) is 3.14. The summed E-state index contributed by atoms with van der Waals surface area (Å²) in [4.78, 5) is 25.4. The van der Waals surface area contributed by atoms with Gasteiger partial charge in [0, 0.05) is 42.9 Å². The van der Waals surface area contributed by atoms with Crippen LogP contribution < -0.4 is 10.6 Å². The van der Waals surface area contributed by atoms with E-state index in [1.807, 2.05) is 55.5 Å². The number of benzene rings is 1. The first-order valence-corrected chi connectivity index (χ1v) is 9.54. The summed E-state index contributed by atoms with van der Waals surface area (Å²) < 4.78 is 2.09. The Morgan fingerprint density at radius 2 is 1.83 bits per heavy atom. The zero-order valence-electron chi connectivity index (χ0n) is 16.2. The van der Waals surface area contributed by atoms with E-state index in [1.165, 1.54) is 0 Å². The second-order valence-electron chi connectivity index (χ2n) is 6.77. The molecule has 2 amide bonds. The summed E-state index contributed by atoms with van der Waals surface area (Å²) in [6.07, 6.45) is 6.03. The van der Waals surface area contributed by atoms with E-state index in [-0.39, 0.29) is 6.03 Å². The second-order valence-corrected chi connectivity index (χ2v) is 6.77. The number of rotatable bonds is 6. The first-order chi connectivity index (χ1) is 14.2. The third kappa shape index (κ3) is 4.40. The number of amides is 2. The fraction of sp³-hybridized carbons (Fsp3) is 0.182. The van der Waals surface area contributed by atoms with Crippen LogP contribution in [0.2, 0.25) is 0 Å². The number of carbonyl (C=O) groups excluding carboxylic acids is 1. The number of imidazole rings is 1. The smallest absolute Gasteiger partial charge is 0.319 e. The van der Waals surface area contributed by atoms with E-state index < -0.39 is 0 Å². The van der Waals surface area contributed by atoms with Crippen molar-refractivity contribution in [1.82, 2.24) is 24.8 Å². The minimum Gasteiger partial charge on any atom is -0.338 e. The molecule has 2 N–H and O–H groups in total. The van der Waals surface area contributed by atoms with Crippen LogP contribution in [0.1, 0.15) is 12.0 Å². The number of fused-ring (bicyclic) bond motifs is 1. The van der Waals surface area contributed by atoms with E-state index in [0.717, 1.165) is 40.2 Å². The molecule has 29 heavy (non-hydrogen) atoms. The molecule has 1 aromatic carbocycles. The Kier molecular flexibility index (Phi) is 5.47. The summed E-state index contributed by atoms with van der Waals surface area (Å²) in [6.45, 7) is 3.24. The molecule has 3 aromatic heterocycles. The molecule has 0 aliphatic carbocycles. The van der Waals surface area contributed by atoms with Gasteiger partial charge in [0.2, 0.25) is 0 Å². The molecule has 146 valence electrons. The normalized spacial score (nSPS) is 10.8. The van der Waals surface area contributed by atoms with E-state index in [9.17, 15) is 4.79 Å². The van der Waals surface area contributed by atoms with Crippen molar-refractivity contribution in [3.05, 3.63) is 72.7 Å². The van der Waals surface area contributed by atoms with Crippen molar-refractivity contribution in [2.24, 2.45) is 0 Å². The van der Waals surface area contributed by atoms with Crippen molar-refractivity contribution in [3.8, 4) is 11.4 Å². The summed E-state index contributed by atoms with van der Waals surface area (Å²) in [6, 6.07) is 15.2. The van der Waals surface area contributed by atoms with Gasteiger partial charge in [-0.25, -0.2) is 14.8 Å². The van der Waals surface area contributed by atoms with Crippen LogP contribution >= 0.6 is 0 Å². The molecule has 0 atom stereocenters. The van der Waals surface area contributed by atoms with Crippen molar-refractivity contribution in [2.45, 2.75) is 19.9 Å². The topological polar surface area (TPSA) is 84.7 Å². The highest BCUT2D eigenvalue weighted by Gasteiger charge is 2.13. The molecule has 0 aliphatic rings. The zero-order chi connectivity index (χ0) is 20.1. The quantitative estimate of drug-likeness (QED) is 0.490. The summed E-state index contributed by atoms with van der Waals surface area (Å²) >= 11 is 0. The number of nitrogens with zero attached hydrogens (tertiary/aromatic N) is 4. The molecule has 0 unspecified atom stereocenters. The summed E-state index contributed by atoms with van der Waals surface area (Å²) in [5, 5.41) is 5.74. The van der Waals surface area contributed by atoms with Crippen LogP contribution in [0.25, 0.3) is 22.6 Å². The molecule has 7 heteroatoms. The van der Waals surface area contributed by atoms with Gasteiger partial charge in [-0.2, -0.15) is 0 Å². The maximum Gasteiger partial charge on any atom is 0.319 e. The van der Waals surface area contributed by atoms with Crippen molar-refractivity contribution >= 4 is 22.9 Å². The maximum absolute atomic E-state index is 12.1. The Hall–Kier alpha value is -3.74. The first kappa shape index (κ1) is 18.6. The molecule has 0 spiro atoms. The number of aromatic nitrogens is 4. The molecule has 0 aliphatic heterocycles. The van der Waals surface area contributed by atoms with Crippen LogP contribution in [0, 0.1) is 6.92 Å². The van der Waals surface area contributed by atoms with Gasteiger partial charge in [0.15, 0.2) is 5.65 Å². The van der Waals surface area contributed by atoms with Crippen LogP contribution in [0.5, 0.6) is 0 Å². The lowest BCUT2D eigenvalue weighted by atomic mass is 10.2. The molecule has 0 fully saturated rings. The Morgan fingerprint density at radius 1 is 1.03 bits per heavy atom. The lowest BCUT2D eigenvalue weighted by molar-refractivity contribution is 0.252. The molecule has 4 aromatic rings. The molecular weight excluding hydrogens is 364 g/mol. The highest BCUT2D eigenvalue weighted by atomic mass is 16.2. The predicted molar refractivity (Wildman–Crippen MR) is 114 cm³/mol. The Labute approximate surface area is 168 Å². The third-order valence-corrected chi connectivity index (χ3v) is 4.60. The number of aryl methyl sites for hydroxylation is 2. The van der Waals surface area contributed by atoms with Crippen molar-refractivity contribution in [3.63, 3.8) is 0 Å². The monoisotopic (exact) mass is 386 g/mol. The van der Waals surface area contributed by atoms with Gasteiger partial charge in [0.05, 0.1) is 0 Å². The van der Waals surface area contributed by atoms with Crippen molar-refractivity contribution in [1.29, 1.82) is 0 Å². The van der Waals surface area contributed by atoms with Crippen molar-refractivity contribution < 1.29 is 4.79 Å². The van der Waals surface area contributed by atoms with E-state index in [2.05, 4.69) is 25.2 Å². The summed E-state index contributed by atoms with van der Waals surface area (Å²) in [5.41, 5.74) is 4.61. The number of urea groups is 1. The minimum atomic E-state index is -0.211. The minimum absolute atomic E-state index is 0.211. The standard InChI is InChI=1S/C22H22N6O/c1-16-5-7-18(8-6-16)26-22(29)25-12-3-15-28-20(17-9-13-23-14-10-17)27-19-4-2-11-24-21(19)28/h2,4-11,13-14H,3,12,15H2,1H3,(H2,25,26,29). The molecule has 0 saturated heterocycles. The van der Waals surface area contributed by atoms with Gasteiger partial charge < -0.3 is 15.2 Å². The predicted octanol–water partition coefficient (Wildman–Crippen LogP) is 4.01. The van der Waals surface area contributed by atoms with Gasteiger partial charge in [-0.3, -0.25) is 4.98 Å². The molecule has 0 radical (unpaired) electrons. The molecule has 0 saturated carbocycles. The van der Waals surface area contributed by atoms with E-state index in [1.54, 1.807) is 18.6 Å². The Balaban J connectivity index is 1.40. The molecule has 4 rings (SSSR count). The van der Waals surface area contributed by atoms with Gasteiger partial charge in [0.25, 0.3) is 0 Å². The second kappa shape index (κ2) is 8.52. The average molecular weight is 386 g/mol. The molecule has 0 bridgehead atoms. The third-order valence-electron chi connectivity index (χ3n) is 4.60. The SMILES string of the molecule is Cc1ccc(NC(=O)NCCCn2c(-c3ccncc3)nc3cccnc32)cc1. The van der Waals surface area contributed by atoms with Gasteiger partial charge in [-0.15, -0.1) is 0 Å². The van der Waals surface area contributed by atoms with Crippen LogP contribution in [0.4, 0.5) is 10.5 Å². The van der Waals surface area contributed by atoms with E-state index in [4.69, 9.17) is 4.98 Å². The summed E-state index contributed by atoms with van der Waals surface area (Å²) in [7, 11) is 0. The van der Waals surface area contributed by atoms with Gasteiger partial charge in [0.1, 0.15) is 11.3 Å². The number of hydrogen-bond acceptors (Lipinski definition) is 4. The lowest BCUT2D eigenvalue weighted by Crippen LogP contribution is -2.30. The zero-order valence-corrected chi connectivity index (χ0v) is 16.2. The van der Waals surface area contributed by atoms with Crippen LogP contribution in [0.15, 0.2) is 67.1 Å². The van der Waals surface area contributed by atoms with E-state index in [0.29, 0.717) is 13.1 Å². The molecule has 3 heterocycles. The fourth-order valence-electron chi connectivity index (χ4n) is 3.14. The van der Waals surface area contributed by atoms with Crippen LogP contribution in [-0.4, -0.2) is 32.1 Å². The Bertz CT molecular complexity index is 1110. The highest BCUT2D eigenvalue weighted by molar-refractivity contribution is 5.89. The first-order valence-electron chi connectivity index (χ1n) is 9.54. The van der Waals surface area contributed by atoms with Gasteiger partial charge in [-0.05, 0) is 49.7 Å². The van der Waals surface area contributed by atoms with Crippen molar-refractivity contribution in [2.75, 3.05) is 11.9 Å². The molecular formula is C22H22N6O. The van der Waals surface area contributed by atoms with E-state index >= 15 is 0 Å². The number of pyridine rings is 2. The Morgan fingerprint density at radius 3 is 2.62 bits per heavy atom. The highest BCUT2D eigenvalue weighted by Crippen LogP contribution is 2.23. The number of nitrogens with one attached hydrogen (secondary N) is 2. The lowest BCUT2D eigenvalue weighted by Gasteiger charge is -2.10. The molecule has 7 nitrogen and oxygen atoms in total. The number of carbonyl (C=O) groups is 1. The van der Waals surface area contributed by atoms with Crippen LogP contribution in [-0.2, 0) is 6.54 Å². The van der Waals surface area contributed by atoms with Gasteiger partial charge >= 0.3 is 6.03 Å². The average Bonchev–Trinajstić information content (AvgIpc) is 3.12.